The lowest BCUT2D eigenvalue weighted by Gasteiger charge is -2.01. The van der Waals surface area contributed by atoms with Gasteiger partial charge in [0.05, 0.1) is 16.3 Å². The van der Waals surface area contributed by atoms with E-state index in [9.17, 15) is 4.79 Å². The molecule has 0 spiro atoms. The first-order valence-electron chi connectivity index (χ1n) is 6.08. The molecule has 1 aliphatic heterocycles. The number of aromatic amines is 2. The predicted molar refractivity (Wildman–Crippen MR) is 82.3 cm³/mol. The number of fused-ring (bicyclic) bond motifs is 1. The molecule has 1 aliphatic rings. The first-order chi connectivity index (χ1) is 9.52. The number of aromatic nitrogens is 4. The third kappa shape index (κ3) is 2.48. The number of H-pyrrole nitrogens is 2. The van der Waals surface area contributed by atoms with Crippen molar-refractivity contribution in [1.29, 1.82) is 0 Å². The summed E-state index contributed by atoms with van der Waals surface area (Å²) in [6.07, 6.45) is 0.554. The largest absolute Gasteiger partial charge is 0.317 e. The maximum absolute atomic E-state index is 11.8. The fourth-order valence-corrected chi connectivity index (χ4v) is 3.29. The van der Waals surface area contributed by atoms with Gasteiger partial charge in [-0.3, -0.25) is 14.5 Å². The van der Waals surface area contributed by atoms with E-state index in [0.29, 0.717) is 22.6 Å². The molecule has 0 radical (unpaired) electrons. The van der Waals surface area contributed by atoms with Crippen molar-refractivity contribution in [1.82, 2.24) is 19.7 Å². The molecule has 0 bridgehead atoms. The van der Waals surface area contributed by atoms with Gasteiger partial charge >= 0.3 is 0 Å². The minimum Gasteiger partial charge on any atom is -0.317 e. The minimum absolute atomic E-state index is 0.153. The van der Waals surface area contributed by atoms with Gasteiger partial charge in [0.25, 0.3) is 5.56 Å². The third-order valence-electron chi connectivity index (χ3n) is 3.07. The summed E-state index contributed by atoms with van der Waals surface area (Å²) < 4.78 is 2.18. The Hall–Kier alpha value is -1.67. The second kappa shape index (κ2) is 5.02. The van der Waals surface area contributed by atoms with Crippen LogP contribution in [0.4, 0.5) is 5.82 Å². The summed E-state index contributed by atoms with van der Waals surface area (Å²) in [6.45, 7) is 1.97. The fourth-order valence-electron chi connectivity index (χ4n) is 2.12. The maximum Gasteiger partial charge on any atom is 0.257 e. The van der Waals surface area contributed by atoms with Crippen LogP contribution in [0, 0.1) is 11.7 Å². The summed E-state index contributed by atoms with van der Waals surface area (Å²) in [6, 6.07) is 2.05. The van der Waals surface area contributed by atoms with E-state index >= 15 is 0 Å². The second-order valence-corrected chi connectivity index (χ2v) is 6.06. The van der Waals surface area contributed by atoms with Crippen molar-refractivity contribution in [2.45, 2.75) is 19.1 Å². The number of aryl methyl sites for hydroxylation is 2. The molecule has 0 fully saturated rings. The molecule has 20 heavy (non-hydrogen) atoms. The molecule has 2 aromatic rings. The van der Waals surface area contributed by atoms with Gasteiger partial charge in [0.15, 0.2) is 4.77 Å². The maximum atomic E-state index is 11.8. The van der Waals surface area contributed by atoms with Crippen molar-refractivity contribution in [3.05, 3.63) is 38.1 Å². The van der Waals surface area contributed by atoms with E-state index in [1.54, 1.807) is 11.8 Å². The summed E-state index contributed by atoms with van der Waals surface area (Å²) in [5, 5.41) is 5.23. The minimum atomic E-state index is -0.153. The highest BCUT2D eigenvalue weighted by Crippen LogP contribution is 2.27. The fraction of sp³-hybridized carbons (Fsp3) is 0.333. The van der Waals surface area contributed by atoms with Crippen LogP contribution in [-0.4, -0.2) is 24.8 Å². The molecule has 0 aliphatic carbocycles. The van der Waals surface area contributed by atoms with Crippen LogP contribution in [0.3, 0.4) is 0 Å². The van der Waals surface area contributed by atoms with E-state index in [2.05, 4.69) is 26.1 Å². The highest BCUT2D eigenvalue weighted by molar-refractivity contribution is 8.13. The van der Waals surface area contributed by atoms with Crippen molar-refractivity contribution >= 4 is 34.8 Å². The average Bonchev–Trinajstić information content (AvgIpc) is 2.90. The lowest BCUT2D eigenvalue weighted by atomic mass is 10.3. The van der Waals surface area contributed by atoms with E-state index < -0.39 is 0 Å². The number of rotatable bonds is 2. The topological polar surface area (TPSA) is 78.8 Å². The van der Waals surface area contributed by atoms with Gasteiger partial charge in [0.2, 0.25) is 0 Å². The zero-order chi connectivity index (χ0) is 14.3. The third-order valence-corrected chi connectivity index (χ3v) is 4.28. The molecule has 8 heteroatoms. The summed E-state index contributed by atoms with van der Waals surface area (Å²) in [7, 11) is 1.93. The number of thioether (sulfide) groups is 1. The Morgan fingerprint density at radius 3 is 3.00 bits per heavy atom. The van der Waals surface area contributed by atoms with Crippen molar-refractivity contribution in [2.75, 3.05) is 0 Å². The van der Waals surface area contributed by atoms with E-state index in [1.807, 2.05) is 18.7 Å². The molecule has 0 saturated heterocycles. The number of aliphatic imine (C=N–C) groups is 1. The molecule has 6 nitrogen and oxygen atoms in total. The smallest absolute Gasteiger partial charge is 0.257 e. The van der Waals surface area contributed by atoms with E-state index in [4.69, 9.17) is 12.2 Å². The first-order valence-corrected chi connectivity index (χ1v) is 7.47. The molecule has 0 amide bonds. The SMILES string of the molecule is Cc1cc(CSC2=Nc3[nH]c(=S)[nH]c(=O)c3C2)n(C)n1. The molecule has 2 N–H and O–H groups in total. The van der Waals surface area contributed by atoms with Gasteiger partial charge in [-0.25, -0.2) is 4.99 Å². The summed E-state index contributed by atoms with van der Waals surface area (Å²) in [5.74, 6) is 1.37. The molecule has 3 rings (SSSR count). The Bertz CT molecular complexity index is 814. The van der Waals surface area contributed by atoms with Gasteiger partial charge in [-0.05, 0) is 25.2 Å². The van der Waals surface area contributed by atoms with E-state index in [1.165, 1.54) is 0 Å². The molecule has 3 heterocycles. The first kappa shape index (κ1) is 13.3. The van der Waals surface area contributed by atoms with Gasteiger partial charge in [-0.1, -0.05) is 0 Å². The molecule has 0 atom stereocenters. The molecule has 104 valence electrons. The second-order valence-electron chi connectivity index (χ2n) is 4.61. The van der Waals surface area contributed by atoms with Crippen LogP contribution in [0.1, 0.15) is 17.0 Å². The monoisotopic (exact) mass is 307 g/mol. The molecule has 2 aromatic heterocycles. The Morgan fingerprint density at radius 1 is 1.50 bits per heavy atom. The quantitative estimate of drug-likeness (QED) is 0.832. The van der Waals surface area contributed by atoms with Crippen LogP contribution in [0.15, 0.2) is 15.9 Å². The zero-order valence-electron chi connectivity index (χ0n) is 11.1. The highest BCUT2D eigenvalue weighted by atomic mass is 32.2. The zero-order valence-corrected chi connectivity index (χ0v) is 12.7. The standard InChI is InChI=1S/C12H13N5OS2/c1-6-3-7(17(2)16-6)5-20-9-4-8-10(13-9)14-12(19)15-11(8)18/h3H,4-5H2,1-2H3,(H2,14,15,18,19). The Kier molecular flexibility index (Phi) is 3.35. The molecule has 0 unspecified atom stereocenters. The Labute approximate surface area is 124 Å². The van der Waals surface area contributed by atoms with Gasteiger partial charge in [0.1, 0.15) is 5.82 Å². The normalized spacial score (nSPS) is 13.4. The number of hydrogen-bond acceptors (Lipinski definition) is 5. The van der Waals surface area contributed by atoms with Crippen molar-refractivity contribution in [2.24, 2.45) is 12.0 Å². The van der Waals surface area contributed by atoms with Gasteiger partial charge in [-0.2, -0.15) is 5.10 Å². The number of nitrogens with one attached hydrogen (secondary N) is 2. The van der Waals surface area contributed by atoms with Gasteiger partial charge in [-0.15, -0.1) is 11.8 Å². The Morgan fingerprint density at radius 2 is 2.30 bits per heavy atom. The summed E-state index contributed by atoms with van der Waals surface area (Å²) >= 11 is 6.56. The lowest BCUT2D eigenvalue weighted by molar-refractivity contribution is 0.728. The molecular weight excluding hydrogens is 294 g/mol. The Balaban J connectivity index is 1.77. The van der Waals surface area contributed by atoms with Crippen LogP contribution in [-0.2, 0) is 19.2 Å². The van der Waals surface area contributed by atoms with Gasteiger partial charge < -0.3 is 4.98 Å². The highest BCUT2D eigenvalue weighted by Gasteiger charge is 2.19. The summed E-state index contributed by atoms with van der Waals surface area (Å²) in [4.78, 5) is 21.7. The van der Waals surface area contributed by atoms with Crippen LogP contribution in [0.5, 0.6) is 0 Å². The van der Waals surface area contributed by atoms with E-state index in [0.717, 1.165) is 22.2 Å². The molecular formula is C12H13N5OS2. The van der Waals surface area contributed by atoms with Gasteiger partial charge in [0, 0.05) is 24.9 Å². The predicted octanol–water partition coefficient (Wildman–Crippen LogP) is 1.99. The van der Waals surface area contributed by atoms with Crippen LogP contribution in [0.2, 0.25) is 0 Å². The lowest BCUT2D eigenvalue weighted by Crippen LogP contribution is -2.13. The van der Waals surface area contributed by atoms with Crippen LogP contribution >= 0.6 is 24.0 Å². The number of nitrogens with zero attached hydrogens (tertiary/aromatic N) is 3. The van der Waals surface area contributed by atoms with Crippen LogP contribution < -0.4 is 5.56 Å². The molecule has 0 saturated carbocycles. The summed E-state index contributed by atoms with van der Waals surface area (Å²) in [5.41, 5.74) is 2.63. The van der Waals surface area contributed by atoms with E-state index in [-0.39, 0.29) is 5.56 Å². The van der Waals surface area contributed by atoms with Crippen LogP contribution in [0.25, 0.3) is 0 Å². The van der Waals surface area contributed by atoms with Crippen molar-refractivity contribution in [3.8, 4) is 0 Å². The van der Waals surface area contributed by atoms with Crippen molar-refractivity contribution in [3.63, 3.8) is 0 Å². The molecule has 0 aromatic carbocycles. The average molecular weight is 307 g/mol. The number of hydrogen-bond donors (Lipinski definition) is 2. The van der Waals surface area contributed by atoms with Crippen molar-refractivity contribution < 1.29 is 0 Å².